The standard InChI is InChI=1S/C18H30N2O/c1-5-14(2)16-7-6-8-18(21-4)17(16)13-20-11-9-15(19-3)10-12-20/h6-8,14-15,19H,5,9-13H2,1-4H3. The first-order chi connectivity index (χ1) is 10.2. The van der Waals surface area contributed by atoms with Crippen LogP contribution in [0.15, 0.2) is 18.2 Å². The van der Waals surface area contributed by atoms with E-state index < -0.39 is 0 Å². The molecule has 1 aromatic carbocycles. The lowest BCUT2D eigenvalue weighted by molar-refractivity contribution is 0.192. The Kier molecular flexibility index (Phi) is 6.07. The molecule has 0 bridgehead atoms. The molecule has 1 saturated heterocycles. The maximum Gasteiger partial charge on any atom is 0.123 e. The zero-order valence-electron chi connectivity index (χ0n) is 14.0. The van der Waals surface area contributed by atoms with Crippen LogP contribution in [-0.2, 0) is 6.54 Å². The van der Waals surface area contributed by atoms with Gasteiger partial charge in [-0.2, -0.15) is 0 Å². The van der Waals surface area contributed by atoms with Crippen LogP contribution in [0.25, 0.3) is 0 Å². The summed E-state index contributed by atoms with van der Waals surface area (Å²) in [4.78, 5) is 2.57. The summed E-state index contributed by atoms with van der Waals surface area (Å²) >= 11 is 0. The van der Waals surface area contributed by atoms with Crippen molar-refractivity contribution in [3.63, 3.8) is 0 Å². The predicted molar refractivity (Wildman–Crippen MR) is 89.1 cm³/mol. The van der Waals surface area contributed by atoms with E-state index >= 15 is 0 Å². The summed E-state index contributed by atoms with van der Waals surface area (Å²) in [7, 11) is 3.86. The maximum absolute atomic E-state index is 5.63. The number of hydrogen-bond acceptors (Lipinski definition) is 3. The Morgan fingerprint density at radius 2 is 2.05 bits per heavy atom. The van der Waals surface area contributed by atoms with Crippen molar-refractivity contribution in [2.75, 3.05) is 27.2 Å². The summed E-state index contributed by atoms with van der Waals surface area (Å²) in [5.41, 5.74) is 2.84. The molecule has 0 spiro atoms. The highest BCUT2D eigenvalue weighted by atomic mass is 16.5. The molecule has 1 aromatic rings. The number of likely N-dealkylation sites (tertiary alicyclic amines) is 1. The average Bonchev–Trinajstić information content (AvgIpc) is 2.55. The first-order valence-corrected chi connectivity index (χ1v) is 8.25. The number of nitrogens with zero attached hydrogens (tertiary/aromatic N) is 1. The molecule has 1 N–H and O–H groups in total. The van der Waals surface area contributed by atoms with E-state index in [0.29, 0.717) is 12.0 Å². The summed E-state index contributed by atoms with van der Waals surface area (Å²) in [5.74, 6) is 1.63. The largest absolute Gasteiger partial charge is 0.496 e. The van der Waals surface area contributed by atoms with Crippen LogP contribution in [0.2, 0.25) is 0 Å². The fourth-order valence-corrected chi connectivity index (χ4v) is 3.23. The summed E-state index contributed by atoms with van der Waals surface area (Å²) < 4.78 is 5.63. The zero-order chi connectivity index (χ0) is 15.2. The lowest BCUT2D eigenvalue weighted by atomic mass is 9.92. The third kappa shape index (κ3) is 3.98. The molecule has 0 amide bonds. The van der Waals surface area contributed by atoms with Gasteiger partial charge in [0, 0.05) is 18.2 Å². The van der Waals surface area contributed by atoms with Gasteiger partial charge in [-0.15, -0.1) is 0 Å². The summed E-state index contributed by atoms with van der Waals surface area (Å²) in [6.45, 7) is 7.92. The molecule has 1 heterocycles. The SMILES string of the molecule is CCC(C)c1cccc(OC)c1CN1CCC(NC)CC1. The molecule has 0 saturated carbocycles. The van der Waals surface area contributed by atoms with E-state index in [2.05, 4.69) is 49.3 Å². The van der Waals surface area contributed by atoms with Crippen molar-refractivity contribution in [3.8, 4) is 5.75 Å². The van der Waals surface area contributed by atoms with Crippen molar-refractivity contribution in [2.45, 2.75) is 51.6 Å². The average molecular weight is 290 g/mol. The second-order valence-electron chi connectivity index (χ2n) is 6.18. The minimum Gasteiger partial charge on any atom is -0.496 e. The number of piperidine rings is 1. The number of rotatable bonds is 6. The molecule has 1 aliphatic rings. The van der Waals surface area contributed by atoms with E-state index in [0.717, 1.165) is 12.3 Å². The lowest BCUT2D eigenvalue weighted by Crippen LogP contribution is -2.40. The van der Waals surface area contributed by atoms with Gasteiger partial charge in [-0.05, 0) is 56.9 Å². The Balaban J connectivity index is 2.14. The highest BCUT2D eigenvalue weighted by Gasteiger charge is 2.21. The van der Waals surface area contributed by atoms with E-state index in [1.165, 1.54) is 43.5 Å². The molecule has 21 heavy (non-hydrogen) atoms. The first-order valence-electron chi connectivity index (χ1n) is 8.25. The van der Waals surface area contributed by atoms with Crippen molar-refractivity contribution in [1.82, 2.24) is 10.2 Å². The van der Waals surface area contributed by atoms with E-state index in [9.17, 15) is 0 Å². The Bertz CT molecular complexity index is 439. The molecule has 1 atom stereocenters. The maximum atomic E-state index is 5.63. The van der Waals surface area contributed by atoms with Gasteiger partial charge in [0.05, 0.1) is 7.11 Å². The monoisotopic (exact) mass is 290 g/mol. The van der Waals surface area contributed by atoms with Crippen LogP contribution in [0.4, 0.5) is 0 Å². The molecule has 2 rings (SSSR count). The smallest absolute Gasteiger partial charge is 0.123 e. The number of benzene rings is 1. The molecule has 3 nitrogen and oxygen atoms in total. The van der Waals surface area contributed by atoms with Crippen LogP contribution in [0.3, 0.4) is 0 Å². The van der Waals surface area contributed by atoms with E-state index in [1.807, 2.05) is 0 Å². The van der Waals surface area contributed by atoms with Gasteiger partial charge in [0.15, 0.2) is 0 Å². The second-order valence-corrected chi connectivity index (χ2v) is 6.18. The minimum atomic E-state index is 0.588. The van der Waals surface area contributed by atoms with Gasteiger partial charge in [-0.1, -0.05) is 26.0 Å². The first kappa shape index (κ1) is 16.3. The molecular weight excluding hydrogens is 260 g/mol. The molecule has 0 radical (unpaired) electrons. The van der Waals surface area contributed by atoms with E-state index in [1.54, 1.807) is 7.11 Å². The highest BCUT2D eigenvalue weighted by molar-refractivity contribution is 5.42. The quantitative estimate of drug-likeness (QED) is 0.869. The minimum absolute atomic E-state index is 0.588. The molecule has 1 unspecified atom stereocenters. The molecule has 3 heteroatoms. The number of ether oxygens (including phenoxy) is 1. The van der Waals surface area contributed by atoms with Crippen molar-refractivity contribution in [1.29, 1.82) is 0 Å². The topological polar surface area (TPSA) is 24.5 Å². The Hall–Kier alpha value is -1.06. The summed E-state index contributed by atoms with van der Waals surface area (Å²) in [6, 6.07) is 7.18. The third-order valence-corrected chi connectivity index (χ3v) is 4.91. The van der Waals surface area contributed by atoms with Gasteiger partial charge in [0.25, 0.3) is 0 Å². The van der Waals surface area contributed by atoms with Crippen LogP contribution in [0.5, 0.6) is 5.75 Å². The van der Waals surface area contributed by atoms with Crippen LogP contribution >= 0.6 is 0 Å². The molecule has 0 aliphatic carbocycles. The van der Waals surface area contributed by atoms with Gasteiger partial charge < -0.3 is 10.1 Å². The fraction of sp³-hybridized carbons (Fsp3) is 0.667. The Morgan fingerprint density at radius 3 is 2.62 bits per heavy atom. The van der Waals surface area contributed by atoms with Crippen molar-refractivity contribution >= 4 is 0 Å². The highest BCUT2D eigenvalue weighted by Crippen LogP contribution is 2.31. The van der Waals surface area contributed by atoms with Crippen molar-refractivity contribution < 1.29 is 4.74 Å². The molecular formula is C18H30N2O. The number of hydrogen-bond donors (Lipinski definition) is 1. The zero-order valence-corrected chi connectivity index (χ0v) is 14.0. The van der Waals surface area contributed by atoms with Crippen LogP contribution in [0, 0.1) is 0 Å². The molecule has 0 aromatic heterocycles. The van der Waals surface area contributed by atoms with Crippen molar-refractivity contribution in [2.24, 2.45) is 0 Å². The van der Waals surface area contributed by atoms with Gasteiger partial charge in [-0.25, -0.2) is 0 Å². The van der Waals surface area contributed by atoms with Gasteiger partial charge in [0.2, 0.25) is 0 Å². The molecule has 1 fully saturated rings. The van der Waals surface area contributed by atoms with E-state index in [4.69, 9.17) is 4.74 Å². The molecule has 1 aliphatic heterocycles. The summed E-state index contributed by atoms with van der Waals surface area (Å²) in [6.07, 6.45) is 3.65. The van der Waals surface area contributed by atoms with Crippen molar-refractivity contribution in [3.05, 3.63) is 29.3 Å². The number of methoxy groups -OCH3 is 1. The van der Waals surface area contributed by atoms with Gasteiger partial charge in [0.1, 0.15) is 5.75 Å². The normalized spacial score (nSPS) is 18.7. The van der Waals surface area contributed by atoms with Crippen LogP contribution in [-0.4, -0.2) is 38.2 Å². The molecule has 118 valence electrons. The third-order valence-electron chi connectivity index (χ3n) is 4.91. The lowest BCUT2D eigenvalue weighted by Gasteiger charge is -2.33. The second kappa shape index (κ2) is 7.81. The van der Waals surface area contributed by atoms with Crippen LogP contribution < -0.4 is 10.1 Å². The van der Waals surface area contributed by atoms with Gasteiger partial charge in [-0.3, -0.25) is 4.90 Å². The Labute approximate surface area is 129 Å². The number of nitrogens with one attached hydrogen (secondary N) is 1. The Morgan fingerprint density at radius 1 is 1.33 bits per heavy atom. The van der Waals surface area contributed by atoms with Crippen LogP contribution in [0.1, 0.15) is 50.2 Å². The fourth-order valence-electron chi connectivity index (χ4n) is 3.23. The summed E-state index contributed by atoms with van der Waals surface area (Å²) in [5, 5.41) is 3.40. The predicted octanol–water partition coefficient (Wildman–Crippen LogP) is 3.39. The van der Waals surface area contributed by atoms with Gasteiger partial charge >= 0.3 is 0 Å². The van der Waals surface area contributed by atoms with E-state index in [-0.39, 0.29) is 0 Å².